The van der Waals surface area contributed by atoms with Gasteiger partial charge in [-0.2, -0.15) is 0 Å². The highest BCUT2D eigenvalue weighted by Gasteiger charge is 2.50. The highest BCUT2D eigenvalue weighted by Crippen LogP contribution is 2.42. The zero-order chi connectivity index (χ0) is 24.8. The molecule has 0 aliphatic rings. The first-order chi connectivity index (χ1) is 15.5. The van der Waals surface area contributed by atoms with Crippen LogP contribution in [0, 0.1) is 0 Å². The second-order valence-electron chi connectivity index (χ2n) is 8.16. The number of hydrogen-bond donors (Lipinski definition) is 1. The number of carboxylic acids is 1. The Morgan fingerprint density at radius 3 is 2.06 bits per heavy atom. The third-order valence-electron chi connectivity index (χ3n) is 5.06. The molecule has 0 aliphatic heterocycles. The van der Waals surface area contributed by atoms with E-state index >= 15 is 0 Å². The minimum atomic E-state index is -1.96. The van der Waals surface area contributed by atoms with Crippen LogP contribution >= 0.6 is 15.9 Å². The van der Waals surface area contributed by atoms with Gasteiger partial charge >= 0.3 is 11.9 Å². The van der Waals surface area contributed by atoms with E-state index in [1.54, 1.807) is 6.07 Å². The third-order valence-corrected chi connectivity index (χ3v) is 5.71. The van der Waals surface area contributed by atoms with Crippen molar-refractivity contribution in [1.29, 1.82) is 0 Å². The van der Waals surface area contributed by atoms with Gasteiger partial charge in [0.05, 0.1) is 26.4 Å². The Balaban J connectivity index is 2.52. The van der Waals surface area contributed by atoms with Crippen LogP contribution in [0.3, 0.4) is 0 Å². The van der Waals surface area contributed by atoms with E-state index in [9.17, 15) is 14.7 Å². The number of ether oxygens (including phenoxy) is 4. The van der Waals surface area contributed by atoms with Crippen molar-refractivity contribution in [2.45, 2.75) is 58.2 Å². The monoisotopic (exact) mass is 522 g/mol. The second-order valence-corrected chi connectivity index (χ2v) is 9.02. The van der Waals surface area contributed by atoms with Crippen molar-refractivity contribution in [3.8, 4) is 17.2 Å². The number of methoxy groups -OCH3 is 2. The summed E-state index contributed by atoms with van der Waals surface area (Å²) in [6.45, 7) is 7.57. The molecule has 0 aromatic heterocycles. The maximum absolute atomic E-state index is 13.0. The summed E-state index contributed by atoms with van der Waals surface area (Å²) in [7, 11) is 2.67. The normalized spacial score (nSPS) is 12.9. The minimum absolute atomic E-state index is 0.0224. The van der Waals surface area contributed by atoms with Crippen LogP contribution in [0.1, 0.15) is 45.2 Å². The van der Waals surface area contributed by atoms with E-state index < -0.39 is 17.4 Å². The molecule has 0 spiro atoms. The van der Waals surface area contributed by atoms with Gasteiger partial charge in [0.25, 0.3) is 0 Å². The average molecular weight is 523 g/mol. The SMILES string of the molecule is COC(=O)C(CCc1ccc(OC(C)C)cc1)(C(=O)O)c1cc(OC(C)C)c(OC)cc1Br. The van der Waals surface area contributed by atoms with E-state index in [2.05, 4.69) is 15.9 Å². The van der Waals surface area contributed by atoms with Crippen LogP contribution in [-0.2, 0) is 26.2 Å². The van der Waals surface area contributed by atoms with Crippen molar-refractivity contribution < 1.29 is 33.6 Å². The van der Waals surface area contributed by atoms with Crippen LogP contribution in [0.25, 0.3) is 0 Å². The fraction of sp³-hybridized carbons (Fsp3) is 0.440. The molecule has 2 aromatic rings. The van der Waals surface area contributed by atoms with E-state index in [0.29, 0.717) is 22.4 Å². The van der Waals surface area contributed by atoms with Gasteiger partial charge in [-0.15, -0.1) is 0 Å². The summed E-state index contributed by atoms with van der Waals surface area (Å²) in [5.74, 6) is -0.689. The number of carboxylic acid groups (broad SMARTS) is 1. The van der Waals surface area contributed by atoms with Crippen LogP contribution in [-0.4, -0.2) is 43.5 Å². The van der Waals surface area contributed by atoms with Crippen LogP contribution < -0.4 is 14.2 Å². The molecule has 0 bridgehead atoms. The number of benzene rings is 2. The molecular weight excluding hydrogens is 492 g/mol. The number of aliphatic carboxylic acids is 1. The Labute approximate surface area is 203 Å². The zero-order valence-electron chi connectivity index (χ0n) is 19.8. The Morgan fingerprint density at radius 1 is 0.970 bits per heavy atom. The van der Waals surface area contributed by atoms with Crippen LogP contribution in [0.4, 0.5) is 0 Å². The standard InChI is InChI=1S/C25H31BrO7/c1-15(2)32-18-9-7-17(8-10-18)11-12-25(23(27)28,24(29)31-6)19-13-22(33-16(3)4)21(30-5)14-20(19)26/h7-10,13-16H,11-12H2,1-6H3,(H,27,28). The molecule has 0 saturated carbocycles. The van der Waals surface area contributed by atoms with Gasteiger partial charge in [-0.3, -0.25) is 9.59 Å². The molecule has 2 aromatic carbocycles. The maximum atomic E-state index is 13.0. The lowest BCUT2D eigenvalue weighted by Crippen LogP contribution is -2.45. The third kappa shape index (κ3) is 6.19. The number of carbonyl (C=O) groups excluding carboxylic acids is 1. The van der Waals surface area contributed by atoms with Crippen molar-refractivity contribution in [2.75, 3.05) is 14.2 Å². The minimum Gasteiger partial charge on any atom is -0.493 e. The van der Waals surface area contributed by atoms with Gasteiger partial charge in [0, 0.05) is 4.47 Å². The summed E-state index contributed by atoms with van der Waals surface area (Å²) in [6, 6.07) is 10.5. The molecule has 33 heavy (non-hydrogen) atoms. The van der Waals surface area contributed by atoms with Gasteiger partial charge in [0.2, 0.25) is 0 Å². The van der Waals surface area contributed by atoms with Crippen molar-refractivity contribution in [3.05, 3.63) is 52.0 Å². The summed E-state index contributed by atoms with van der Waals surface area (Å²) < 4.78 is 22.3. The van der Waals surface area contributed by atoms with E-state index in [-0.39, 0.29) is 24.2 Å². The first-order valence-electron chi connectivity index (χ1n) is 10.7. The quantitative estimate of drug-likeness (QED) is 0.321. The number of carbonyl (C=O) groups is 2. The fourth-order valence-corrected chi connectivity index (χ4v) is 4.20. The Hall–Kier alpha value is -2.74. The topological polar surface area (TPSA) is 91.3 Å². The van der Waals surface area contributed by atoms with E-state index in [4.69, 9.17) is 18.9 Å². The lowest BCUT2D eigenvalue weighted by atomic mass is 9.75. The number of rotatable bonds is 11. The number of esters is 1. The van der Waals surface area contributed by atoms with Crippen LogP contribution in [0.15, 0.2) is 40.9 Å². The van der Waals surface area contributed by atoms with Crippen molar-refractivity contribution in [3.63, 3.8) is 0 Å². The van der Waals surface area contributed by atoms with Crippen molar-refractivity contribution >= 4 is 27.9 Å². The predicted molar refractivity (Wildman–Crippen MR) is 128 cm³/mol. The second kappa shape index (κ2) is 11.4. The number of aryl methyl sites for hydroxylation is 1. The molecule has 1 atom stereocenters. The molecule has 1 unspecified atom stereocenters. The lowest BCUT2D eigenvalue weighted by Gasteiger charge is -2.29. The molecule has 8 heteroatoms. The van der Waals surface area contributed by atoms with E-state index in [1.807, 2.05) is 52.0 Å². The summed E-state index contributed by atoms with van der Waals surface area (Å²) >= 11 is 3.43. The van der Waals surface area contributed by atoms with Crippen LogP contribution in [0.2, 0.25) is 0 Å². The Morgan fingerprint density at radius 2 is 1.58 bits per heavy atom. The molecule has 1 N–H and O–H groups in total. The molecule has 2 rings (SSSR count). The highest BCUT2D eigenvalue weighted by atomic mass is 79.9. The summed E-state index contributed by atoms with van der Waals surface area (Å²) in [5, 5.41) is 10.3. The number of hydrogen-bond acceptors (Lipinski definition) is 6. The molecule has 0 heterocycles. The molecule has 0 radical (unpaired) electrons. The maximum Gasteiger partial charge on any atom is 0.327 e. The first kappa shape index (κ1) is 26.5. The molecule has 180 valence electrons. The Bertz CT molecular complexity index is 969. The Kier molecular flexibility index (Phi) is 9.16. The zero-order valence-corrected chi connectivity index (χ0v) is 21.4. The summed E-state index contributed by atoms with van der Waals surface area (Å²) in [5.41, 5.74) is -0.857. The van der Waals surface area contributed by atoms with Crippen molar-refractivity contribution in [2.24, 2.45) is 0 Å². The fourth-order valence-electron chi connectivity index (χ4n) is 3.54. The molecule has 0 saturated heterocycles. The molecule has 0 amide bonds. The van der Waals surface area contributed by atoms with Gasteiger partial charge in [0.1, 0.15) is 5.75 Å². The van der Waals surface area contributed by atoms with Crippen LogP contribution in [0.5, 0.6) is 17.2 Å². The van der Waals surface area contributed by atoms with Gasteiger partial charge in [-0.1, -0.05) is 28.1 Å². The molecular formula is C25H31BrO7. The first-order valence-corrected chi connectivity index (χ1v) is 11.5. The highest BCUT2D eigenvalue weighted by molar-refractivity contribution is 9.10. The summed E-state index contributed by atoms with van der Waals surface area (Å²) in [4.78, 5) is 25.6. The van der Waals surface area contributed by atoms with Gasteiger partial charge in [-0.05, 0) is 75.9 Å². The van der Waals surface area contributed by atoms with Crippen molar-refractivity contribution in [1.82, 2.24) is 0 Å². The number of halogens is 1. The summed E-state index contributed by atoms with van der Waals surface area (Å²) in [6.07, 6.45) is 0.162. The van der Waals surface area contributed by atoms with E-state index in [0.717, 1.165) is 11.3 Å². The van der Waals surface area contributed by atoms with Gasteiger partial charge in [-0.25, -0.2) is 0 Å². The van der Waals surface area contributed by atoms with Gasteiger partial charge in [0.15, 0.2) is 16.9 Å². The van der Waals surface area contributed by atoms with Gasteiger partial charge < -0.3 is 24.1 Å². The smallest absolute Gasteiger partial charge is 0.327 e. The average Bonchev–Trinajstić information content (AvgIpc) is 2.75. The molecule has 0 fully saturated rings. The predicted octanol–water partition coefficient (Wildman–Crippen LogP) is 5.16. The molecule has 7 nitrogen and oxygen atoms in total. The lowest BCUT2D eigenvalue weighted by molar-refractivity contribution is -0.160. The molecule has 0 aliphatic carbocycles. The largest absolute Gasteiger partial charge is 0.493 e. The van der Waals surface area contributed by atoms with E-state index in [1.165, 1.54) is 20.3 Å².